The van der Waals surface area contributed by atoms with Crippen molar-refractivity contribution in [3.63, 3.8) is 0 Å². The number of hydrogen-bond acceptors (Lipinski definition) is 5. The standard InChI is InChI=1S/C23H43NO6.2C10H20.C2H6/c1-24(2)19-13-18-23(29)30-20(14-9-5-3-7-11-16-21(25)26)15-10-6-4-8-12-17-22(27)28;2*1-8-6-7-9(2,3)10(8,4)5;1-2/h20H,3-19H2,1-2H3,(H,25,26)(H,27,28);2*8H,6-7H2,1-5H3;1-2H3. The minimum Gasteiger partial charge on any atom is -0.481 e. The lowest BCUT2D eigenvalue weighted by Gasteiger charge is -2.37. The Balaban J connectivity index is 0. The summed E-state index contributed by atoms with van der Waals surface area (Å²) in [5, 5.41) is 17.3. The molecule has 0 amide bonds. The fraction of sp³-hybridized carbons (Fsp3) is 0.933. The molecule has 7 nitrogen and oxygen atoms in total. The Labute approximate surface area is 323 Å². The smallest absolute Gasteiger partial charge is 0.306 e. The summed E-state index contributed by atoms with van der Waals surface area (Å²) in [6, 6.07) is 0. The number of nitrogens with zero attached hydrogens (tertiary/aromatic N) is 1. The zero-order chi connectivity index (χ0) is 40.6. The second-order valence-electron chi connectivity index (χ2n) is 18.5. The van der Waals surface area contributed by atoms with Gasteiger partial charge >= 0.3 is 17.9 Å². The highest BCUT2D eigenvalue weighted by atomic mass is 16.5. The molecule has 0 saturated heterocycles. The zero-order valence-corrected chi connectivity index (χ0v) is 37.1. The molecule has 0 radical (unpaired) electrons. The first-order chi connectivity index (χ1) is 24.1. The first-order valence-corrected chi connectivity index (χ1v) is 21.3. The van der Waals surface area contributed by atoms with Crippen molar-refractivity contribution in [3.05, 3.63) is 0 Å². The number of aliphatic carboxylic acids is 2. The van der Waals surface area contributed by atoms with Gasteiger partial charge in [0, 0.05) is 19.3 Å². The molecule has 2 aliphatic rings. The van der Waals surface area contributed by atoms with E-state index in [9.17, 15) is 14.4 Å². The van der Waals surface area contributed by atoms with Gasteiger partial charge in [0.1, 0.15) is 6.10 Å². The number of hydrogen-bond donors (Lipinski definition) is 2. The van der Waals surface area contributed by atoms with Crippen LogP contribution in [-0.4, -0.2) is 59.8 Å². The van der Waals surface area contributed by atoms with Gasteiger partial charge in [0.05, 0.1) is 0 Å². The van der Waals surface area contributed by atoms with Gasteiger partial charge < -0.3 is 19.8 Å². The predicted molar refractivity (Wildman–Crippen MR) is 221 cm³/mol. The summed E-state index contributed by atoms with van der Waals surface area (Å²) in [4.78, 5) is 35.3. The van der Waals surface area contributed by atoms with E-state index in [1.54, 1.807) is 0 Å². The maximum absolute atomic E-state index is 12.2. The van der Waals surface area contributed by atoms with Crippen molar-refractivity contribution in [1.82, 2.24) is 4.90 Å². The maximum Gasteiger partial charge on any atom is 0.306 e. The fourth-order valence-electron chi connectivity index (χ4n) is 7.26. The zero-order valence-electron chi connectivity index (χ0n) is 37.1. The number of unbranched alkanes of at least 4 members (excludes halogenated alkanes) is 8. The van der Waals surface area contributed by atoms with Crippen LogP contribution in [0.25, 0.3) is 0 Å². The molecule has 0 aromatic carbocycles. The van der Waals surface area contributed by atoms with Crippen LogP contribution >= 0.6 is 0 Å². The first-order valence-electron chi connectivity index (χ1n) is 21.3. The average molecular weight is 740 g/mol. The Hall–Kier alpha value is -1.63. The van der Waals surface area contributed by atoms with Crippen molar-refractivity contribution in [2.45, 2.75) is 218 Å². The molecule has 2 fully saturated rings. The van der Waals surface area contributed by atoms with Gasteiger partial charge in [-0.15, -0.1) is 0 Å². The van der Waals surface area contributed by atoms with E-state index < -0.39 is 11.9 Å². The number of carbonyl (C=O) groups excluding carboxylic acids is 1. The topological polar surface area (TPSA) is 104 Å². The summed E-state index contributed by atoms with van der Waals surface area (Å²) in [5.41, 5.74) is 2.22. The van der Waals surface area contributed by atoms with Gasteiger partial charge in [-0.05, 0) is 125 Å². The molecule has 2 N–H and O–H groups in total. The quantitative estimate of drug-likeness (QED) is 0.0892. The van der Waals surface area contributed by atoms with E-state index in [1.165, 1.54) is 25.7 Å². The molecule has 0 aromatic rings. The van der Waals surface area contributed by atoms with Gasteiger partial charge in [0.15, 0.2) is 0 Å². The third kappa shape index (κ3) is 21.9. The molecule has 2 saturated carbocycles. The molecule has 310 valence electrons. The van der Waals surface area contributed by atoms with Crippen molar-refractivity contribution in [3.8, 4) is 0 Å². The van der Waals surface area contributed by atoms with Crippen molar-refractivity contribution in [1.29, 1.82) is 0 Å². The van der Waals surface area contributed by atoms with E-state index in [2.05, 4.69) is 74.1 Å². The molecule has 2 aliphatic carbocycles. The van der Waals surface area contributed by atoms with Crippen LogP contribution in [-0.2, 0) is 19.1 Å². The van der Waals surface area contributed by atoms with E-state index in [-0.39, 0.29) is 24.9 Å². The highest BCUT2D eigenvalue weighted by molar-refractivity contribution is 5.69. The molecule has 52 heavy (non-hydrogen) atoms. The number of carboxylic acids is 2. The van der Waals surface area contributed by atoms with Crippen LogP contribution < -0.4 is 0 Å². The largest absolute Gasteiger partial charge is 0.481 e. The number of ether oxygens (including phenoxy) is 1. The van der Waals surface area contributed by atoms with Crippen LogP contribution in [0.5, 0.6) is 0 Å². The van der Waals surface area contributed by atoms with Crippen LogP contribution in [0.2, 0.25) is 0 Å². The van der Waals surface area contributed by atoms with Crippen molar-refractivity contribution in [2.75, 3.05) is 20.6 Å². The summed E-state index contributed by atoms with van der Waals surface area (Å²) in [6.07, 6.45) is 18.4. The van der Waals surface area contributed by atoms with E-state index in [4.69, 9.17) is 14.9 Å². The minimum atomic E-state index is -0.737. The Morgan fingerprint density at radius 3 is 1.21 bits per heavy atom. The summed E-state index contributed by atoms with van der Waals surface area (Å²) in [6.45, 7) is 28.9. The third-order valence-electron chi connectivity index (χ3n) is 13.5. The molecular weight excluding hydrogens is 650 g/mol. The monoisotopic (exact) mass is 740 g/mol. The van der Waals surface area contributed by atoms with Crippen LogP contribution in [0, 0.1) is 33.5 Å². The van der Waals surface area contributed by atoms with Crippen molar-refractivity contribution < 1.29 is 29.3 Å². The Morgan fingerprint density at radius 2 is 0.942 bits per heavy atom. The highest BCUT2D eigenvalue weighted by Gasteiger charge is 2.46. The lowest BCUT2D eigenvalue weighted by Crippen LogP contribution is -2.30. The molecule has 7 heteroatoms. The second-order valence-corrected chi connectivity index (χ2v) is 18.5. The third-order valence-corrected chi connectivity index (χ3v) is 13.5. The van der Waals surface area contributed by atoms with Gasteiger partial charge in [-0.2, -0.15) is 0 Å². The molecular formula is C45H89NO6. The molecule has 0 spiro atoms. The Kier molecular flexibility index (Phi) is 27.3. The molecule has 2 rings (SSSR count). The van der Waals surface area contributed by atoms with Gasteiger partial charge in [-0.1, -0.05) is 122 Å². The SMILES string of the molecule is CC.CC1CCC(C)(C)C1(C)C.CC1CCC(C)(C)C1(C)C.CN(C)CCCC(=O)OC(CCCCCCCC(=O)O)CCCCCCCC(=O)O. The fourth-order valence-corrected chi connectivity index (χ4v) is 7.26. The van der Waals surface area contributed by atoms with Crippen LogP contribution in [0.15, 0.2) is 0 Å². The van der Waals surface area contributed by atoms with Gasteiger partial charge in [-0.3, -0.25) is 14.4 Å². The number of esters is 1. The summed E-state index contributed by atoms with van der Waals surface area (Å²) in [5.74, 6) is 0.216. The average Bonchev–Trinajstić information content (AvgIpc) is 3.35. The normalized spacial score (nSPS) is 20.5. The lowest BCUT2D eigenvalue weighted by atomic mass is 9.67. The van der Waals surface area contributed by atoms with Gasteiger partial charge in [0.2, 0.25) is 0 Å². The van der Waals surface area contributed by atoms with E-state index in [1.807, 2.05) is 27.9 Å². The van der Waals surface area contributed by atoms with E-state index in [0.717, 1.165) is 102 Å². The van der Waals surface area contributed by atoms with Crippen LogP contribution in [0.3, 0.4) is 0 Å². The minimum absolute atomic E-state index is 0.0464. The van der Waals surface area contributed by atoms with Crippen LogP contribution in [0.1, 0.15) is 212 Å². The lowest BCUT2D eigenvalue weighted by molar-refractivity contribution is -0.150. The van der Waals surface area contributed by atoms with Crippen molar-refractivity contribution in [2.24, 2.45) is 33.5 Å². The maximum atomic E-state index is 12.2. The van der Waals surface area contributed by atoms with Crippen molar-refractivity contribution >= 4 is 17.9 Å². The van der Waals surface area contributed by atoms with Gasteiger partial charge in [-0.25, -0.2) is 0 Å². The molecule has 2 atom stereocenters. The number of rotatable bonds is 21. The molecule has 0 heterocycles. The first kappa shape index (κ1) is 52.5. The Bertz CT molecular complexity index is 891. The van der Waals surface area contributed by atoms with Gasteiger partial charge in [0.25, 0.3) is 0 Å². The molecule has 0 bridgehead atoms. The second kappa shape index (κ2) is 27.0. The predicted octanol–water partition coefficient (Wildman–Crippen LogP) is 12.8. The van der Waals surface area contributed by atoms with E-state index >= 15 is 0 Å². The molecule has 2 unspecified atom stereocenters. The van der Waals surface area contributed by atoms with E-state index in [0.29, 0.717) is 28.1 Å². The Morgan fingerprint density at radius 1 is 0.596 bits per heavy atom. The summed E-state index contributed by atoms with van der Waals surface area (Å²) >= 11 is 0. The summed E-state index contributed by atoms with van der Waals surface area (Å²) < 4.78 is 5.74. The summed E-state index contributed by atoms with van der Waals surface area (Å²) in [7, 11) is 3.97. The molecule has 0 aliphatic heterocycles. The number of carbonyl (C=O) groups is 3. The number of carboxylic acid groups (broad SMARTS) is 2. The highest BCUT2D eigenvalue weighted by Crippen LogP contribution is 2.56. The molecule has 0 aromatic heterocycles. The van der Waals surface area contributed by atoms with Crippen LogP contribution in [0.4, 0.5) is 0 Å².